The average Bonchev–Trinajstić information content (AvgIpc) is 3.14. The van der Waals surface area contributed by atoms with Crippen molar-refractivity contribution in [2.75, 3.05) is 26.7 Å². The molecule has 0 amide bonds. The van der Waals surface area contributed by atoms with Crippen LogP contribution in [0.2, 0.25) is 0 Å². The standard InChI is InChI=1S/C19H27N3OS/c1-4-20-19(22-13-15(2)17-9-11-24-14-17)21-10-8-16-6-5-7-18(12-16)23-3/h5-7,9,11-12,14-15H,4,8,10,13H2,1-3H3,(H2,20,21,22). The summed E-state index contributed by atoms with van der Waals surface area (Å²) in [6.07, 6.45) is 0.932. The van der Waals surface area contributed by atoms with Crippen molar-refractivity contribution < 1.29 is 4.74 Å². The first-order valence-corrected chi connectivity index (χ1v) is 9.34. The van der Waals surface area contributed by atoms with E-state index in [1.54, 1.807) is 18.4 Å². The fraction of sp³-hybridized carbons (Fsp3) is 0.421. The van der Waals surface area contributed by atoms with E-state index in [0.29, 0.717) is 5.92 Å². The van der Waals surface area contributed by atoms with Crippen LogP contribution in [0.1, 0.15) is 30.9 Å². The largest absolute Gasteiger partial charge is 0.497 e. The van der Waals surface area contributed by atoms with Crippen molar-refractivity contribution in [2.24, 2.45) is 4.99 Å². The molecule has 1 aromatic heterocycles. The van der Waals surface area contributed by atoms with Gasteiger partial charge in [0.05, 0.1) is 7.11 Å². The number of nitrogens with one attached hydrogen (secondary N) is 2. The quantitative estimate of drug-likeness (QED) is 0.567. The number of hydrogen-bond donors (Lipinski definition) is 2. The summed E-state index contributed by atoms with van der Waals surface area (Å²) >= 11 is 1.74. The first-order valence-electron chi connectivity index (χ1n) is 8.40. The van der Waals surface area contributed by atoms with Gasteiger partial charge in [0.2, 0.25) is 0 Å². The second-order valence-corrected chi connectivity index (χ2v) is 6.49. The summed E-state index contributed by atoms with van der Waals surface area (Å²) in [5.41, 5.74) is 2.61. The number of guanidine groups is 1. The highest BCUT2D eigenvalue weighted by Crippen LogP contribution is 2.18. The third kappa shape index (κ3) is 5.89. The van der Waals surface area contributed by atoms with Gasteiger partial charge in [0, 0.05) is 25.6 Å². The molecule has 0 fully saturated rings. The van der Waals surface area contributed by atoms with E-state index in [-0.39, 0.29) is 0 Å². The number of benzene rings is 1. The lowest BCUT2D eigenvalue weighted by molar-refractivity contribution is 0.414. The smallest absolute Gasteiger partial charge is 0.191 e. The number of thiophene rings is 1. The van der Waals surface area contributed by atoms with Gasteiger partial charge in [-0.3, -0.25) is 4.99 Å². The molecule has 1 unspecified atom stereocenters. The molecule has 1 atom stereocenters. The molecule has 0 radical (unpaired) electrons. The predicted molar refractivity (Wildman–Crippen MR) is 103 cm³/mol. The van der Waals surface area contributed by atoms with Gasteiger partial charge in [-0.05, 0) is 53.4 Å². The minimum Gasteiger partial charge on any atom is -0.497 e. The SMILES string of the molecule is CCNC(=NCC(C)c1ccsc1)NCCc1cccc(OC)c1. The van der Waals surface area contributed by atoms with Gasteiger partial charge >= 0.3 is 0 Å². The molecule has 0 spiro atoms. The molecule has 0 saturated heterocycles. The van der Waals surface area contributed by atoms with E-state index in [1.165, 1.54) is 11.1 Å². The van der Waals surface area contributed by atoms with Gasteiger partial charge < -0.3 is 15.4 Å². The highest BCUT2D eigenvalue weighted by atomic mass is 32.1. The Balaban J connectivity index is 1.84. The van der Waals surface area contributed by atoms with Crippen LogP contribution >= 0.6 is 11.3 Å². The summed E-state index contributed by atoms with van der Waals surface area (Å²) in [6.45, 7) is 6.78. The maximum Gasteiger partial charge on any atom is 0.191 e. The van der Waals surface area contributed by atoms with Crippen LogP contribution in [0.25, 0.3) is 0 Å². The van der Waals surface area contributed by atoms with Gasteiger partial charge in [-0.25, -0.2) is 0 Å². The van der Waals surface area contributed by atoms with E-state index in [1.807, 2.05) is 12.1 Å². The second-order valence-electron chi connectivity index (χ2n) is 5.71. The molecule has 5 heteroatoms. The number of rotatable bonds is 8. The van der Waals surface area contributed by atoms with E-state index in [2.05, 4.69) is 53.4 Å². The molecule has 1 heterocycles. The summed E-state index contributed by atoms with van der Waals surface area (Å²) in [7, 11) is 1.70. The number of methoxy groups -OCH3 is 1. The van der Waals surface area contributed by atoms with Crippen LogP contribution in [0.5, 0.6) is 5.75 Å². The highest BCUT2D eigenvalue weighted by molar-refractivity contribution is 7.07. The minimum absolute atomic E-state index is 0.435. The topological polar surface area (TPSA) is 45.7 Å². The highest BCUT2D eigenvalue weighted by Gasteiger charge is 2.06. The summed E-state index contributed by atoms with van der Waals surface area (Å²) in [5, 5.41) is 11.0. The Hall–Kier alpha value is -2.01. The van der Waals surface area contributed by atoms with Crippen LogP contribution in [-0.2, 0) is 6.42 Å². The number of nitrogens with zero attached hydrogens (tertiary/aromatic N) is 1. The van der Waals surface area contributed by atoms with Crippen LogP contribution in [-0.4, -0.2) is 32.7 Å². The molecule has 0 aliphatic rings. The van der Waals surface area contributed by atoms with Gasteiger partial charge in [0.25, 0.3) is 0 Å². The molecule has 0 bridgehead atoms. The van der Waals surface area contributed by atoms with Crippen molar-refractivity contribution in [1.82, 2.24) is 10.6 Å². The zero-order chi connectivity index (χ0) is 17.2. The van der Waals surface area contributed by atoms with E-state index in [4.69, 9.17) is 9.73 Å². The maximum atomic E-state index is 5.27. The molecule has 0 saturated carbocycles. The zero-order valence-electron chi connectivity index (χ0n) is 14.7. The van der Waals surface area contributed by atoms with Crippen molar-refractivity contribution in [3.05, 3.63) is 52.2 Å². The Kier molecular flexibility index (Phi) is 7.62. The Labute approximate surface area is 149 Å². The van der Waals surface area contributed by atoms with Gasteiger partial charge in [-0.1, -0.05) is 19.1 Å². The molecule has 24 heavy (non-hydrogen) atoms. The van der Waals surface area contributed by atoms with E-state index in [9.17, 15) is 0 Å². The molecule has 0 aliphatic heterocycles. The Morgan fingerprint density at radius 1 is 1.29 bits per heavy atom. The fourth-order valence-electron chi connectivity index (χ4n) is 2.38. The third-order valence-electron chi connectivity index (χ3n) is 3.82. The lowest BCUT2D eigenvalue weighted by atomic mass is 10.1. The van der Waals surface area contributed by atoms with Crippen LogP contribution in [0.15, 0.2) is 46.1 Å². The zero-order valence-corrected chi connectivity index (χ0v) is 15.5. The predicted octanol–water partition coefficient (Wildman–Crippen LogP) is 3.66. The molecule has 4 nitrogen and oxygen atoms in total. The summed E-state index contributed by atoms with van der Waals surface area (Å²) < 4.78 is 5.27. The average molecular weight is 346 g/mol. The summed E-state index contributed by atoms with van der Waals surface area (Å²) in [4.78, 5) is 4.71. The maximum absolute atomic E-state index is 5.27. The van der Waals surface area contributed by atoms with Crippen molar-refractivity contribution in [2.45, 2.75) is 26.2 Å². The number of hydrogen-bond acceptors (Lipinski definition) is 3. The fourth-order valence-corrected chi connectivity index (χ4v) is 3.17. The van der Waals surface area contributed by atoms with E-state index >= 15 is 0 Å². The minimum atomic E-state index is 0.435. The van der Waals surface area contributed by atoms with Gasteiger partial charge in [0.1, 0.15) is 5.75 Å². The lowest BCUT2D eigenvalue weighted by Gasteiger charge is -2.13. The molecule has 2 rings (SSSR count). The number of ether oxygens (including phenoxy) is 1. The summed E-state index contributed by atoms with van der Waals surface area (Å²) in [6, 6.07) is 10.4. The van der Waals surface area contributed by atoms with Crippen LogP contribution in [0, 0.1) is 0 Å². The second kappa shape index (κ2) is 9.98. The van der Waals surface area contributed by atoms with Gasteiger partial charge in [0.15, 0.2) is 5.96 Å². The van der Waals surface area contributed by atoms with Crippen molar-refractivity contribution >= 4 is 17.3 Å². The van der Waals surface area contributed by atoms with Crippen molar-refractivity contribution in [3.63, 3.8) is 0 Å². The van der Waals surface area contributed by atoms with Gasteiger partial charge in [-0.15, -0.1) is 0 Å². The third-order valence-corrected chi connectivity index (χ3v) is 4.52. The van der Waals surface area contributed by atoms with Crippen LogP contribution < -0.4 is 15.4 Å². The Morgan fingerprint density at radius 3 is 2.88 bits per heavy atom. The van der Waals surface area contributed by atoms with Crippen molar-refractivity contribution in [3.8, 4) is 5.75 Å². The van der Waals surface area contributed by atoms with Crippen LogP contribution in [0.3, 0.4) is 0 Å². The van der Waals surface area contributed by atoms with Gasteiger partial charge in [-0.2, -0.15) is 11.3 Å². The summed E-state index contributed by atoms with van der Waals surface area (Å²) in [5.74, 6) is 2.21. The molecule has 1 aromatic carbocycles. The normalized spacial score (nSPS) is 12.7. The Bertz CT molecular complexity index is 625. The molecule has 2 N–H and O–H groups in total. The molecule has 2 aromatic rings. The first kappa shape index (κ1) is 18.3. The molecular weight excluding hydrogens is 318 g/mol. The monoisotopic (exact) mass is 345 g/mol. The molecule has 0 aliphatic carbocycles. The van der Waals surface area contributed by atoms with E-state index < -0.39 is 0 Å². The molecule has 130 valence electrons. The number of aliphatic imine (C=N–C) groups is 1. The molecular formula is C19H27N3OS. The van der Waals surface area contributed by atoms with E-state index in [0.717, 1.165) is 37.8 Å². The Morgan fingerprint density at radius 2 is 2.17 bits per heavy atom. The van der Waals surface area contributed by atoms with Crippen LogP contribution in [0.4, 0.5) is 0 Å². The van der Waals surface area contributed by atoms with Crippen molar-refractivity contribution in [1.29, 1.82) is 0 Å². The first-order chi connectivity index (χ1) is 11.7. The lowest BCUT2D eigenvalue weighted by Crippen LogP contribution is -2.38.